The monoisotopic (exact) mass is 224 g/mol. The zero-order valence-electron chi connectivity index (χ0n) is 10.2. The molecule has 0 aliphatic carbocycles. The highest BCUT2D eigenvalue weighted by Gasteiger charge is 2.11. The molecule has 90 valence electrons. The first-order valence-electron chi connectivity index (χ1n) is 5.63. The van der Waals surface area contributed by atoms with E-state index < -0.39 is 0 Å². The van der Waals surface area contributed by atoms with Gasteiger partial charge in [0, 0.05) is 25.5 Å². The topological polar surface area (TPSA) is 43.3 Å². The molecule has 0 aliphatic heterocycles. The van der Waals surface area contributed by atoms with E-state index in [1.165, 1.54) is 12.7 Å². The fraction of sp³-hybridized carbons (Fsp3) is 0.583. The number of nitrogens with zero attached hydrogens (tertiary/aromatic N) is 1. The van der Waals surface area contributed by atoms with Crippen molar-refractivity contribution in [3.63, 3.8) is 0 Å². The van der Waals surface area contributed by atoms with Crippen LogP contribution in [0.4, 0.5) is 0 Å². The third-order valence-corrected chi connectivity index (χ3v) is 2.46. The molecule has 0 aliphatic rings. The number of ether oxygens (including phenoxy) is 1. The van der Waals surface area contributed by atoms with Crippen molar-refractivity contribution in [2.45, 2.75) is 39.4 Å². The minimum absolute atomic E-state index is 0.229. The zero-order valence-corrected chi connectivity index (χ0v) is 10.2. The Labute approximate surface area is 96.6 Å². The van der Waals surface area contributed by atoms with E-state index in [4.69, 9.17) is 0 Å². The first kappa shape index (κ1) is 12.8. The van der Waals surface area contributed by atoms with E-state index in [0.29, 0.717) is 6.54 Å². The Morgan fingerprint density at radius 1 is 1.62 bits per heavy atom. The Hall–Kier alpha value is -1.29. The number of rotatable bonds is 6. The minimum atomic E-state index is -0.264. The van der Waals surface area contributed by atoms with Gasteiger partial charge in [0.15, 0.2) is 0 Å². The van der Waals surface area contributed by atoms with Gasteiger partial charge in [0.1, 0.15) is 6.04 Å². The second-order valence-electron chi connectivity index (χ2n) is 3.88. The summed E-state index contributed by atoms with van der Waals surface area (Å²) in [5, 5.41) is 3.12. The zero-order chi connectivity index (χ0) is 12.0. The third-order valence-electron chi connectivity index (χ3n) is 2.46. The van der Waals surface area contributed by atoms with Crippen LogP contribution in [0.5, 0.6) is 0 Å². The summed E-state index contributed by atoms with van der Waals surface area (Å²) in [6.07, 6.45) is 5.28. The molecule has 16 heavy (non-hydrogen) atoms. The molecule has 4 heteroatoms. The van der Waals surface area contributed by atoms with Gasteiger partial charge < -0.3 is 14.6 Å². The fourth-order valence-corrected chi connectivity index (χ4v) is 1.52. The van der Waals surface area contributed by atoms with Crippen LogP contribution in [0.1, 0.15) is 25.8 Å². The SMILES string of the molecule is CCCn1ccc(CN[C@@H](C)C(=O)OC)c1. The average molecular weight is 224 g/mol. The summed E-state index contributed by atoms with van der Waals surface area (Å²) in [6, 6.07) is 1.80. The highest BCUT2D eigenvalue weighted by molar-refractivity contribution is 5.75. The van der Waals surface area contributed by atoms with E-state index in [1.54, 1.807) is 6.92 Å². The molecule has 1 heterocycles. The molecule has 0 fully saturated rings. The highest BCUT2D eigenvalue weighted by Crippen LogP contribution is 2.02. The van der Waals surface area contributed by atoms with Crippen molar-refractivity contribution in [2.75, 3.05) is 7.11 Å². The number of carbonyl (C=O) groups is 1. The number of methoxy groups -OCH3 is 1. The molecule has 1 atom stereocenters. The van der Waals surface area contributed by atoms with Crippen molar-refractivity contribution in [2.24, 2.45) is 0 Å². The lowest BCUT2D eigenvalue weighted by atomic mass is 10.3. The van der Waals surface area contributed by atoms with E-state index in [2.05, 4.69) is 40.0 Å². The van der Waals surface area contributed by atoms with Crippen LogP contribution in [-0.2, 0) is 22.6 Å². The van der Waals surface area contributed by atoms with Crippen LogP contribution < -0.4 is 5.32 Å². The molecular formula is C12H20N2O2. The number of nitrogens with one attached hydrogen (secondary N) is 1. The summed E-state index contributed by atoms with van der Waals surface area (Å²) < 4.78 is 6.79. The summed E-state index contributed by atoms with van der Waals surface area (Å²) in [5.41, 5.74) is 1.18. The third kappa shape index (κ3) is 3.70. The van der Waals surface area contributed by atoms with Crippen molar-refractivity contribution in [1.29, 1.82) is 0 Å². The van der Waals surface area contributed by atoms with E-state index in [0.717, 1.165) is 13.0 Å². The highest BCUT2D eigenvalue weighted by atomic mass is 16.5. The van der Waals surface area contributed by atoms with Crippen molar-refractivity contribution < 1.29 is 9.53 Å². The van der Waals surface area contributed by atoms with Crippen LogP contribution in [0.3, 0.4) is 0 Å². The van der Waals surface area contributed by atoms with Gasteiger partial charge in [0.2, 0.25) is 0 Å². The second-order valence-corrected chi connectivity index (χ2v) is 3.88. The van der Waals surface area contributed by atoms with E-state index in [1.807, 2.05) is 0 Å². The number of hydrogen-bond acceptors (Lipinski definition) is 3. The van der Waals surface area contributed by atoms with E-state index in [9.17, 15) is 4.79 Å². The molecule has 0 aromatic carbocycles. The lowest BCUT2D eigenvalue weighted by molar-refractivity contribution is -0.142. The van der Waals surface area contributed by atoms with Gasteiger partial charge in [-0.25, -0.2) is 0 Å². The second kappa shape index (κ2) is 6.33. The smallest absolute Gasteiger partial charge is 0.322 e. The van der Waals surface area contributed by atoms with Crippen molar-refractivity contribution in [1.82, 2.24) is 9.88 Å². The van der Waals surface area contributed by atoms with Gasteiger partial charge in [-0.05, 0) is 25.0 Å². The first-order valence-corrected chi connectivity index (χ1v) is 5.63. The van der Waals surface area contributed by atoms with Gasteiger partial charge in [-0.3, -0.25) is 4.79 Å². The number of esters is 1. The largest absolute Gasteiger partial charge is 0.468 e. The molecule has 1 aromatic rings. The Balaban J connectivity index is 2.39. The Bertz CT molecular complexity index is 334. The minimum Gasteiger partial charge on any atom is -0.468 e. The Kier molecular flexibility index (Phi) is 5.05. The summed E-state index contributed by atoms with van der Waals surface area (Å²) in [4.78, 5) is 11.2. The van der Waals surface area contributed by atoms with Crippen LogP contribution in [0.15, 0.2) is 18.5 Å². The predicted molar refractivity (Wildman–Crippen MR) is 63.0 cm³/mol. The number of aromatic nitrogens is 1. The maximum absolute atomic E-state index is 11.2. The molecule has 1 aromatic heterocycles. The molecular weight excluding hydrogens is 204 g/mol. The van der Waals surface area contributed by atoms with Gasteiger partial charge in [0.05, 0.1) is 7.11 Å². The van der Waals surface area contributed by atoms with Gasteiger partial charge in [0.25, 0.3) is 0 Å². The van der Waals surface area contributed by atoms with Crippen LogP contribution in [-0.4, -0.2) is 23.7 Å². The van der Waals surface area contributed by atoms with Crippen LogP contribution in [0, 0.1) is 0 Å². The molecule has 0 amide bonds. The van der Waals surface area contributed by atoms with Gasteiger partial charge >= 0.3 is 5.97 Å². The summed E-state index contributed by atoms with van der Waals surface area (Å²) in [6.45, 7) is 5.67. The maximum Gasteiger partial charge on any atom is 0.322 e. The number of carbonyl (C=O) groups excluding carboxylic acids is 1. The predicted octanol–water partition coefficient (Wildman–Crippen LogP) is 1.55. The van der Waals surface area contributed by atoms with Crippen LogP contribution in [0.2, 0.25) is 0 Å². The molecule has 4 nitrogen and oxygen atoms in total. The van der Waals surface area contributed by atoms with Crippen molar-refractivity contribution >= 4 is 5.97 Å². The first-order chi connectivity index (χ1) is 7.67. The molecule has 0 saturated carbocycles. The number of aryl methyl sites for hydroxylation is 1. The molecule has 0 radical (unpaired) electrons. The maximum atomic E-state index is 11.2. The molecule has 0 spiro atoms. The van der Waals surface area contributed by atoms with Gasteiger partial charge in [-0.15, -0.1) is 0 Å². The van der Waals surface area contributed by atoms with Gasteiger partial charge in [-0.1, -0.05) is 6.92 Å². The van der Waals surface area contributed by atoms with Crippen LogP contribution in [0.25, 0.3) is 0 Å². The normalized spacial score (nSPS) is 12.4. The Morgan fingerprint density at radius 3 is 3.00 bits per heavy atom. The van der Waals surface area contributed by atoms with Crippen LogP contribution >= 0.6 is 0 Å². The van der Waals surface area contributed by atoms with Crippen molar-refractivity contribution in [3.8, 4) is 0 Å². The Morgan fingerprint density at radius 2 is 2.38 bits per heavy atom. The lowest BCUT2D eigenvalue weighted by Gasteiger charge is -2.10. The number of hydrogen-bond donors (Lipinski definition) is 1. The summed E-state index contributed by atoms with van der Waals surface area (Å²) >= 11 is 0. The lowest BCUT2D eigenvalue weighted by Crippen LogP contribution is -2.34. The summed E-state index contributed by atoms with van der Waals surface area (Å²) in [7, 11) is 1.40. The van der Waals surface area contributed by atoms with E-state index >= 15 is 0 Å². The quantitative estimate of drug-likeness (QED) is 0.745. The molecule has 0 saturated heterocycles. The average Bonchev–Trinajstić information content (AvgIpc) is 2.73. The molecule has 1 N–H and O–H groups in total. The standard InChI is InChI=1S/C12H20N2O2/c1-4-6-14-7-5-11(9-14)8-13-10(2)12(15)16-3/h5,7,9-10,13H,4,6,8H2,1-3H3/t10-/m0/s1. The summed E-state index contributed by atoms with van der Waals surface area (Å²) in [5.74, 6) is -0.229. The molecule has 1 rings (SSSR count). The van der Waals surface area contributed by atoms with Gasteiger partial charge in [-0.2, -0.15) is 0 Å². The molecule has 0 unspecified atom stereocenters. The van der Waals surface area contributed by atoms with Crippen molar-refractivity contribution in [3.05, 3.63) is 24.0 Å². The van der Waals surface area contributed by atoms with E-state index in [-0.39, 0.29) is 12.0 Å². The fourth-order valence-electron chi connectivity index (χ4n) is 1.52. The molecule has 0 bridgehead atoms.